The SMILES string of the molecule is CNCC(=O)NC(C)Cc1ccc(C(F)(F)F)cc1.Cl. The smallest absolute Gasteiger partial charge is 0.352 e. The number of rotatable bonds is 5. The van der Waals surface area contributed by atoms with E-state index in [1.165, 1.54) is 12.1 Å². The Labute approximate surface area is 122 Å². The van der Waals surface area contributed by atoms with Gasteiger partial charge in [0.1, 0.15) is 0 Å². The number of alkyl halides is 3. The molecule has 0 fully saturated rings. The van der Waals surface area contributed by atoms with Crippen molar-refractivity contribution in [1.82, 2.24) is 10.6 Å². The van der Waals surface area contributed by atoms with Crippen molar-refractivity contribution in [2.75, 3.05) is 13.6 Å². The highest BCUT2D eigenvalue weighted by molar-refractivity contribution is 5.85. The summed E-state index contributed by atoms with van der Waals surface area (Å²) in [7, 11) is 1.67. The second-order valence-electron chi connectivity index (χ2n) is 4.40. The number of amides is 1. The molecular weight excluding hydrogens is 293 g/mol. The second kappa shape index (κ2) is 8.11. The zero-order chi connectivity index (χ0) is 14.5. The molecular formula is C13H18ClF3N2O. The Kier molecular flexibility index (Phi) is 7.60. The summed E-state index contributed by atoms with van der Waals surface area (Å²) in [5.74, 6) is -0.137. The second-order valence-corrected chi connectivity index (χ2v) is 4.40. The molecule has 1 rings (SSSR count). The molecule has 0 aliphatic carbocycles. The first kappa shape index (κ1) is 18.7. The van der Waals surface area contributed by atoms with Crippen molar-refractivity contribution in [3.05, 3.63) is 35.4 Å². The van der Waals surface area contributed by atoms with E-state index in [9.17, 15) is 18.0 Å². The van der Waals surface area contributed by atoms with Gasteiger partial charge in [-0.05, 0) is 38.1 Å². The van der Waals surface area contributed by atoms with Crippen LogP contribution in [0.15, 0.2) is 24.3 Å². The van der Waals surface area contributed by atoms with Crippen LogP contribution in [0, 0.1) is 0 Å². The van der Waals surface area contributed by atoms with E-state index >= 15 is 0 Å². The molecule has 0 aliphatic rings. The van der Waals surface area contributed by atoms with E-state index < -0.39 is 11.7 Å². The standard InChI is InChI=1S/C13H17F3N2O.ClH/c1-9(18-12(19)8-17-2)7-10-3-5-11(6-4-10)13(14,15)16;/h3-6,9,17H,7-8H2,1-2H3,(H,18,19);1H. The number of likely N-dealkylation sites (N-methyl/N-ethyl adjacent to an activating group) is 1. The first-order valence-electron chi connectivity index (χ1n) is 5.93. The van der Waals surface area contributed by atoms with Gasteiger partial charge in [-0.25, -0.2) is 0 Å². The number of benzene rings is 1. The van der Waals surface area contributed by atoms with Crippen LogP contribution in [0.1, 0.15) is 18.1 Å². The molecule has 20 heavy (non-hydrogen) atoms. The number of carbonyl (C=O) groups is 1. The van der Waals surface area contributed by atoms with Gasteiger partial charge in [-0.15, -0.1) is 12.4 Å². The molecule has 1 unspecified atom stereocenters. The van der Waals surface area contributed by atoms with E-state index in [1.54, 1.807) is 7.05 Å². The fourth-order valence-electron chi connectivity index (χ4n) is 1.72. The molecule has 0 saturated heterocycles. The van der Waals surface area contributed by atoms with Crippen LogP contribution in [0.5, 0.6) is 0 Å². The minimum absolute atomic E-state index is 0. The van der Waals surface area contributed by atoms with Crippen LogP contribution in [0.4, 0.5) is 13.2 Å². The zero-order valence-electron chi connectivity index (χ0n) is 11.3. The summed E-state index contributed by atoms with van der Waals surface area (Å²) < 4.78 is 37.1. The molecule has 0 spiro atoms. The molecule has 0 heterocycles. The number of nitrogens with one attached hydrogen (secondary N) is 2. The molecule has 1 atom stereocenters. The molecule has 0 bridgehead atoms. The summed E-state index contributed by atoms with van der Waals surface area (Å²) in [5.41, 5.74) is 0.0911. The number of carbonyl (C=O) groups excluding carboxylic acids is 1. The maximum Gasteiger partial charge on any atom is 0.416 e. The molecule has 1 aromatic rings. The van der Waals surface area contributed by atoms with Crippen LogP contribution in [0.3, 0.4) is 0 Å². The normalized spacial score (nSPS) is 12.4. The largest absolute Gasteiger partial charge is 0.416 e. The minimum atomic E-state index is -4.31. The van der Waals surface area contributed by atoms with E-state index in [4.69, 9.17) is 0 Å². The third-order valence-electron chi connectivity index (χ3n) is 2.57. The third kappa shape index (κ3) is 6.25. The Morgan fingerprint density at radius 1 is 1.25 bits per heavy atom. The monoisotopic (exact) mass is 310 g/mol. The highest BCUT2D eigenvalue weighted by atomic mass is 35.5. The van der Waals surface area contributed by atoms with Gasteiger partial charge in [0.15, 0.2) is 0 Å². The van der Waals surface area contributed by atoms with E-state index in [1.807, 2.05) is 6.92 Å². The van der Waals surface area contributed by atoms with E-state index in [0.717, 1.165) is 17.7 Å². The molecule has 1 aromatic carbocycles. The molecule has 0 aliphatic heterocycles. The van der Waals surface area contributed by atoms with Crippen molar-refractivity contribution in [3.63, 3.8) is 0 Å². The van der Waals surface area contributed by atoms with Crippen molar-refractivity contribution >= 4 is 18.3 Å². The zero-order valence-corrected chi connectivity index (χ0v) is 12.1. The van der Waals surface area contributed by atoms with Crippen LogP contribution in [-0.2, 0) is 17.4 Å². The van der Waals surface area contributed by atoms with Gasteiger partial charge in [-0.1, -0.05) is 12.1 Å². The van der Waals surface area contributed by atoms with Crippen LogP contribution in [0.25, 0.3) is 0 Å². The number of halogens is 4. The van der Waals surface area contributed by atoms with Gasteiger partial charge >= 0.3 is 6.18 Å². The average molecular weight is 311 g/mol. The van der Waals surface area contributed by atoms with Gasteiger partial charge in [-0.3, -0.25) is 4.79 Å². The van der Waals surface area contributed by atoms with Gasteiger partial charge < -0.3 is 10.6 Å². The summed E-state index contributed by atoms with van der Waals surface area (Å²) in [6, 6.07) is 4.85. The maximum atomic E-state index is 12.4. The summed E-state index contributed by atoms with van der Waals surface area (Å²) in [4.78, 5) is 11.3. The molecule has 0 radical (unpaired) electrons. The summed E-state index contributed by atoms with van der Waals surface area (Å²) in [6.07, 6.45) is -3.82. The fourth-order valence-corrected chi connectivity index (χ4v) is 1.72. The van der Waals surface area contributed by atoms with Crippen LogP contribution in [0.2, 0.25) is 0 Å². The molecule has 114 valence electrons. The summed E-state index contributed by atoms with van der Waals surface area (Å²) >= 11 is 0. The van der Waals surface area contributed by atoms with Gasteiger partial charge in [0.05, 0.1) is 12.1 Å². The third-order valence-corrected chi connectivity index (χ3v) is 2.57. The quantitative estimate of drug-likeness (QED) is 0.877. The van der Waals surface area contributed by atoms with Gasteiger partial charge in [0.25, 0.3) is 0 Å². The van der Waals surface area contributed by atoms with Gasteiger partial charge in [0.2, 0.25) is 5.91 Å². The number of hydrogen-bond donors (Lipinski definition) is 2. The Balaban J connectivity index is 0.00000361. The first-order chi connectivity index (χ1) is 8.82. The van der Waals surface area contributed by atoms with E-state index in [2.05, 4.69) is 10.6 Å². The maximum absolute atomic E-state index is 12.4. The Bertz CT molecular complexity index is 421. The van der Waals surface area contributed by atoms with E-state index in [-0.39, 0.29) is 30.9 Å². The van der Waals surface area contributed by atoms with Crippen molar-refractivity contribution in [2.45, 2.75) is 25.6 Å². The molecule has 1 amide bonds. The Hall–Kier alpha value is -1.27. The topological polar surface area (TPSA) is 41.1 Å². The van der Waals surface area contributed by atoms with E-state index in [0.29, 0.717) is 6.42 Å². The van der Waals surface area contributed by atoms with Gasteiger partial charge in [0, 0.05) is 6.04 Å². The molecule has 7 heteroatoms. The lowest BCUT2D eigenvalue weighted by atomic mass is 10.0. The average Bonchev–Trinajstić information content (AvgIpc) is 2.28. The lowest BCUT2D eigenvalue weighted by molar-refractivity contribution is -0.137. The van der Waals surface area contributed by atoms with Crippen LogP contribution >= 0.6 is 12.4 Å². The van der Waals surface area contributed by atoms with Crippen molar-refractivity contribution in [2.24, 2.45) is 0 Å². The molecule has 3 nitrogen and oxygen atoms in total. The Morgan fingerprint density at radius 3 is 2.25 bits per heavy atom. The lowest BCUT2D eigenvalue weighted by Crippen LogP contribution is -2.39. The predicted octanol–water partition coefficient (Wildman–Crippen LogP) is 2.39. The Morgan fingerprint density at radius 2 is 1.80 bits per heavy atom. The highest BCUT2D eigenvalue weighted by Crippen LogP contribution is 2.29. The van der Waals surface area contributed by atoms with Crippen LogP contribution < -0.4 is 10.6 Å². The lowest BCUT2D eigenvalue weighted by Gasteiger charge is -2.14. The summed E-state index contributed by atoms with van der Waals surface area (Å²) in [6.45, 7) is 2.03. The molecule has 2 N–H and O–H groups in total. The van der Waals surface area contributed by atoms with Gasteiger partial charge in [-0.2, -0.15) is 13.2 Å². The fraction of sp³-hybridized carbons (Fsp3) is 0.462. The summed E-state index contributed by atoms with van der Waals surface area (Å²) in [5, 5.41) is 5.47. The minimum Gasteiger partial charge on any atom is -0.352 e. The molecule has 0 aromatic heterocycles. The highest BCUT2D eigenvalue weighted by Gasteiger charge is 2.29. The molecule has 0 saturated carbocycles. The van der Waals surface area contributed by atoms with Crippen molar-refractivity contribution in [1.29, 1.82) is 0 Å². The number of hydrogen-bond acceptors (Lipinski definition) is 2. The van der Waals surface area contributed by atoms with Crippen LogP contribution in [-0.4, -0.2) is 25.5 Å². The predicted molar refractivity (Wildman–Crippen MR) is 73.9 cm³/mol. The van der Waals surface area contributed by atoms with Crippen molar-refractivity contribution < 1.29 is 18.0 Å². The first-order valence-corrected chi connectivity index (χ1v) is 5.93. The van der Waals surface area contributed by atoms with Crippen molar-refractivity contribution in [3.8, 4) is 0 Å².